The van der Waals surface area contributed by atoms with Crippen molar-refractivity contribution in [2.24, 2.45) is 5.92 Å². The van der Waals surface area contributed by atoms with Crippen molar-refractivity contribution in [1.82, 2.24) is 5.32 Å². The fraction of sp³-hybridized carbons (Fsp3) is 0.526. The van der Waals surface area contributed by atoms with Gasteiger partial charge in [-0.25, -0.2) is 4.79 Å². The molecule has 1 rings (SSSR count). The van der Waals surface area contributed by atoms with E-state index in [1.807, 2.05) is 20.8 Å². The van der Waals surface area contributed by atoms with Gasteiger partial charge in [0.2, 0.25) is 0 Å². The Morgan fingerprint density at radius 2 is 2.04 bits per heavy atom. The molecule has 0 aliphatic carbocycles. The van der Waals surface area contributed by atoms with Gasteiger partial charge < -0.3 is 19.5 Å². The lowest BCUT2D eigenvalue weighted by Gasteiger charge is -2.27. The molecule has 148 valence electrons. The van der Waals surface area contributed by atoms with Crippen molar-refractivity contribution in [3.8, 4) is 17.6 Å². The summed E-state index contributed by atoms with van der Waals surface area (Å²) in [7, 11) is 1.43. The molecule has 0 aromatic heterocycles. The maximum Gasteiger partial charge on any atom is 0.338 e. The Morgan fingerprint density at radius 3 is 2.56 bits per heavy atom. The molecular weight excluding hydrogens is 372 g/mol. The first-order valence-electron chi connectivity index (χ1n) is 8.58. The third-order valence-electron chi connectivity index (χ3n) is 4.04. The Labute approximate surface area is 164 Å². The molecule has 1 aromatic rings. The Bertz CT molecular complexity index is 730. The van der Waals surface area contributed by atoms with E-state index in [2.05, 4.69) is 11.4 Å². The van der Waals surface area contributed by atoms with Gasteiger partial charge in [0, 0.05) is 0 Å². The Kier molecular flexibility index (Phi) is 8.38. The number of carbonyl (C=O) groups is 2. The number of rotatable bonds is 9. The fourth-order valence-corrected chi connectivity index (χ4v) is 2.29. The number of amides is 1. The van der Waals surface area contributed by atoms with Gasteiger partial charge in [-0.15, -0.1) is 0 Å². The van der Waals surface area contributed by atoms with E-state index < -0.39 is 24.0 Å². The summed E-state index contributed by atoms with van der Waals surface area (Å²) in [6.07, 6.45) is 0.788. The van der Waals surface area contributed by atoms with Gasteiger partial charge in [0.15, 0.2) is 18.1 Å². The van der Waals surface area contributed by atoms with Crippen LogP contribution in [0, 0.1) is 17.2 Å². The van der Waals surface area contributed by atoms with E-state index in [0.29, 0.717) is 18.1 Å². The number of ether oxygens (including phenoxy) is 3. The summed E-state index contributed by atoms with van der Waals surface area (Å²) in [6, 6.07) is 4.88. The third kappa shape index (κ3) is 6.04. The van der Waals surface area contributed by atoms with Crippen molar-refractivity contribution in [2.75, 3.05) is 20.3 Å². The van der Waals surface area contributed by atoms with Crippen molar-refractivity contribution < 1.29 is 23.8 Å². The lowest BCUT2D eigenvalue weighted by atomic mass is 9.90. The maximum atomic E-state index is 12.2. The summed E-state index contributed by atoms with van der Waals surface area (Å²) in [6.45, 7) is 7.12. The van der Waals surface area contributed by atoms with Crippen molar-refractivity contribution in [3.05, 3.63) is 22.7 Å². The number of hydrogen-bond donors (Lipinski definition) is 1. The monoisotopic (exact) mass is 396 g/mol. The average Bonchev–Trinajstić information content (AvgIpc) is 2.64. The van der Waals surface area contributed by atoms with Gasteiger partial charge in [0.1, 0.15) is 5.54 Å². The number of benzene rings is 1. The Balaban J connectivity index is 2.82. The quantitative estimate of drug-likeness (QED) is 0.643. The molecule has 1 N–H and O–H groups in total. The van der Waals surface area contributed by atoms with E-state index in [9.17, 15) is 14.9 Å². The van der Waals surface area contributed by atoms with Crippen molar-refractivity contribution in [3.63, 3.8) is 0 Å². The Morgan fingerprint density at radius 1 is 1.37 bits per heavy atom. The highest BCUT2D eigenvalue weighted by atomic mass is 35.5. The van der Waals surface area contributed by atoms with Crippen molar-refractivity contribution in [2.45, 2.75) is 39.7 Å². The molecule has 0 radical (unpaired) electrons. The van der Waals surface area contributed by atoms with Gasteiger partial charge in [-0.3, -0.25) is 4.79 Å². The lowest BCUT2D eigenvalue weighted by Crippen LogP contribution is -2.50. The zero-order chi connectivity index (χ0) is 20.6. The number of nitrogens with one attached hydrogen (secondary N) is 1. The first kappa shape index (κ1) is 22.6. The largest absolute Gasteiger partial charge is 0.493 e. The minimum atomic E-state index is -1.05. The second-order valence-corrected chi connectivity index (χ2v) is 6.84. The summed E-state index contributed by atoms with van der Waals surface area (Å²) in [4.78, 5) is 24.3. The van der Waals surface area contributed by atoms with Crippen LogP contribution in [0.15, 0.2) is 12.1 Å². The molecule has 0 heterocycles. The minimum Gasteiger partial charge on any atom is -0.493 e. The number of halogens is 1. The Hall–Kier alpha value is -2.46. The standard InChI is InChI=1S/C19H25ClN2O5/c1-6-7-26-17-14(20)8-13(9-15(17)25-5)18(24)27-10-16(23)22-19(4,11-21)12(2)3/h8-9,12H,6-7,10H2,1-5H3,(H,22,23)/t19-/m0/s1. The van der Waals surface area contributed by atoms with E-state index >= 15 is 0 Å². The van der Waals surface area contributed by atoms with Crippen LogP contribution in [0.5, 0.6) is 11.5 Å². The van der Waals surface area contributed by atoms with Gasteiger partial charge in [0.05, 0.1) is 30.4 Å². The summed E-state index contributed by atoms with van der Waals surface area (Å²) < 4.78 is 15.8. The molecule has 1 aromatic carbocycles. The minimum absolute atomic E-state index is 0.110. The maximum absolute atomic E-state index is 12.2. The molecule has 0 fully saturated rings. The highest BCUT2D eigenvalue weighted by Gasteiger charge is 2.30. The van der Waals surface area contributed by atoms with Gasteiger partial charge in [0.25, 0.3) is 5.91 Å². The highest BCUT2D eigenvalue weighted by Crippen LogP contribution is 2.36. The fourth-order valence-electron chi connectivity index (χ4n) is 2.02. The third-order valence-corrected chi connectivity index (χ3v) is 4.32. The second kappa shape index (κ2) is 10.0. The van der Waals surface area contributed by atoms with Gasteiger partial charge in [-0.05, 0) is 31.4 Å². The van der Waals surface area contributed by atoms with Crippen LogP contribution in [0.4, 0.5) is 0 Å². The van der Waals surface area contributed by atoms with E-state index in [4.69, 9.17) is 25.8 Å². The normalized spacial score (nSPS) is 12.7. The van der Waals surface area contributed by atoms with Crippen LogP contribution in [0.2, 0.25) is 5.02 Å². The number of methoxy groups -OCH3 is 1. The number of hydrogen-bond acceptors (Lipinski definition) is 6. The molecule has 0 saturated heterocycles. The van der Waals surface area contributed by atoms with Gasteiger partial charge in [-0.2, -0.15) is 5.26 Å². The van der Waals surface area contributed by atoms with Crippen molar-refractivity contribution >= 4 is 23.5 Å². The first-order chi connectivity index (χ1) is 12.7. The van der Waals surface area contributed by atoms with Crippen molar-refractivity contribution in [1.29, 1.82) is 5.26 Å². The van der Waals surface area contributed by atoms with Crippen LogP contribution in [-0.2, 0) is 9.53 Å². The summed E-state index contributed by atoms with van der Waals surface area (Å²) in [5.74, 6) is -0.778. The highest BCUT2D eigenvalue weighted by molar-refractivity contribution is 6.32. The second-order valence-electron chi connectivity index (χ2n) is 6.43. The zero-order valence-corrected chi connectivity index (χ0v) is 17.0. The molecule has 0 spiro atoms. The molecule has 1 amide bonds. The van der Waals surface area contributed by atoms with E-state index in [0.717, 1.165) is 6.42 Å². The van der Waals surface area contributed by atoms with E-state index in [1.165, 1.54) is 19.2 Å². The number of nitriles is 1. The number of carbonyl (C=O) groups excluding carboxylic acids is 2. The van der Waals surface area contributed by atoms with Crippen LogP contribution >= 0.6 is 11.6 Å². The molecule has 7 nitrogen and oxygen atoms in total. The van der Waals surface area contributed by atoms with Gasteiger partial charge >= 0.3 is 5.97 Å². The van der Waals surface area contributed by atoms with Crippen LogP contribution in [0.25, 0.3) is 0 Å². The summed E-state index contributed by atoms with van der Waals surface area (Å²) >= 11 is 6.17. The first-order valence-corrected chi connectivity index (χ1v) is 8.96. The predicted octanol–water partition coefficient (Wildman–Crippen LogP) is 3.35. The predicted molar refractivity (Wildman–Crippen MR) is 101 cm³/mol. The van der Waals surface area contributed by atoms with E-state index in [1.54, 1.807) is 6.92 Å². The molecule has 27 heavy (non-hydrogen) atoms. The zero-order valence-electron chi connectivity index (χ0n) is 16.2. The molecule has 0 bridgehead atoms. The molecule has 1 atom stereocenters. The topological polar surface area (TPSA) is 97.6 Å². The number of nitrogens with zero attached hydrogens (tertiary/aromatic N) is 1. The lowest BCUT2D eigenvalue weighted by molar-refractivity contribution is -0.125. The smallest absolute Gasteiger partial charge is 0.338 e. The SMILES string of the molecule is CCCOc1c(Cl)cc(C(=O)OCC(=O)N[C@@](C)(C#N)C(C)C)cc1OC. The molecule has 8 heteroatoms. The van der Waals surface area contributed by atoms with E-state index in [-0.39, 0.29) is 16.5 Å². The number of esters is 1. The summed E-state index contributed by atoms with van der Waals surface area (Å²) in [5, 5.41) is 12.0. The van der Waals surface area contributed by atoms with Crippen LogP contribution < -0.4 is 14.8 Å². The average molecular weight is 397 g/mol. The van der Waals surface area contributed by atoms with Gasteiger partial charge in [-0.1, -0.05) is 32.4 Å². The molecule has 0 saturated carbocycles. The van der Waals surface area contributed by atoms with Crippen LogP contribution in [-0.4, -0.2) is 37.7 Å². The molecule has 0 aliphatic heterocycles. The van der Waals surface area contributed by atoms with Crippen LogP contribution in [0.3, 0.4) is 0 Å². The van der Waals surface area contributed by atoms with Crippen LogP contribution in [0.1, 0.15) is 44.5 Å². The molecule has 0 unspecified atom stereocenters. The summed E-state index contributed by atoms with van der Waals surface area (Å²) in [5.41, 5.74) is -0.922. The molecule has 0 aliphatic rings. The molecular formula is C19H25ClN2O5.